The predicted molar refractivity (Wildman–Crippen MR) is 45.3 cm³/mol. The van der Waals surface area contributed by atoms with Crippen LogP contribution in [0.2, 0.25) is 0 Å². The van der Waals surface area contributed by atoms with E-state index in [1.165, 1.54) is 0 Å². The fourth-order valence-corrected chi connectivity index (χ4v) is 1.02. The van der Waals surface area contributed by atoms with Crippen LogP contribution in [-0.2, 0) is 7.05 Å². The highest BCUT2D eigenvalue weighted by atomic mass is 15.5. The van der Waals surface area contributed by atoms with Gasteiger partial charge >= 0.3 is 0 Å². The topological polar surface area (TPSA) is 33.1 Å². The molecule has 0 saturated carbocycles. The maximum atomic E-state index is 4.07. The van der Waals surface area contributed by atoms with Gasteiger partial charge in [-0.3, -0.25) is 4.68 Å². The van der Waals surface area contributed by atoms with Crippen LogP contribution in [0.25, 0.3) is 0 Å². The van der Waals surface area contributed by atoms with Crippen molar-refractivity contribution in [3.63, 3.8) is 0 Å². The van der Waals surface area contributed by atoms with Gasteiger partial charge in [-0.25, -0.2) is 5.43 Å². The largest absolute Gasteiger partial charge is 0.306 e. The fourth-order valence-electron chi connectivity index (χ4n) is 1.02. The van der Waals surface area contributed by atoms with E-state index in [-0.39, 0.29) is 0 Å². The van der Waals surface area contributed by atoms with Crippen LogP contribution in [0.3, 0.4) is 0 Å². The fraction of sp³-hybridized carbons (Fsp3) is 0.571. The second kappa shape index (κ2) is 3.39. The van der Waals surface area contributed by atoms with Gasteiger partial charge in [0.2, 0.25) is 0 Å². The predicted octanol–water partition coefficient (Wildman–Crippen LogP) is 0.381. The van der Waals surface area contributed by atoms with Crippen LogP contribution in [0, 0.1) is 0 Å². The van der Waals surface area contributed by atoms with Crippen LogP contribution in [0.1, 0.15) is 6.92 Å². The molecule has 1 aromatic heterocycles. The Balaban J connectivity index is 2.73. The van der Waals surface area contributed by atoms with Crippen LogP contribution in [0.15, 0.2) is 12.4 Å². The molecular formula is C7H14N4. The normalized spacial score (nSPS) is 10.1. The Kier molecular flexibility index (Phi) is 2.48. The van der Waals surface area contributed by atoms with Crippen molar-refractivity contribution in [2.75, 3.05) is 18.6 Å². The van der Waals surface area contributed by atoms with Crippen molar-refractivity contribution in [3.05, 3.63) is 12.4 Å². The standard InChI is InChI=1S/C7H14N4/c1-4-11(8-2)7-5-9-10(3)6-7/h5-6,8H,4H2,1-3H3. The van der Waals surface area contributed by atoms with Gasteiger partial charge in [0.15, 0.2) is 0 Å². The van der Waals surface area contributed by atoms with Crippen molar-refractivity contribution < 1.29 is 0 Å². The first-order valence-corrected chi connectivity index (χ1v) is 3.71. The van der Waals surface area contributed by atoms with Crippen LogP contribution in [0.4, 0.5) is 5.69 Å². The van der Waals surface area contributed by atoms with Gasteiger partial charge in [-0.2, -0.15) is 5.10 Å². The van der Waals surface area contributed by atoms with Gasteiger partial charge in [-0.15, -0.1) is 0 Å². The van der Waals surface area contributed by atoms with Gasteiger partial charge in [0.05, 0.1) is 11.9 Å². The minimum atomic E-state index is 0.933. The lowest BCUT2D eigenvalue weighted by Crippen LogP contribution is -2.34. The monoisotopic (exact) mass is 154 g/mol. The molecule has 1 aromatic rings. The summed E-state index contributed by atoms with van der Waals surface area (Å²) in [6.45, 7) is 3.02. The Hall–Kier alpha value is -1.03. The molecule has 0 bridgehead atoms. The molecule has 0 radical (unpaired) electrons. The summed E-state index contributed by atoms with van der Waals surface area (Å²) in [6, 6.07) is 0. The molecule has 0 aliphatic carbocycles. The molecule has 1 rings (SSSR count). The minimum absolute atomic E-state index is 0.933. The number of hydrogen-bond acceptors (Lipinski definition) is 3. The van der Waals surface area contributed by atoms with Crippen LogP contribution < -0.4 is 10.4 Å². The molecule has 0 saturated heterocycles. The summed E-state index contributed by atoms with van der Waals surface area (Å²) in [5.41, 5.74) is 4.16. The van der Waals surface area contributed by atoms with E-state index in [4.69, 9.17) is 0 Å². The zero-order valence-corrected chi connectivity index (χ0v) is 7.20. The summed E-state index contributed by atoms with van der Waals surface area (Å²) in [4.78, 5) is 0. The lowest BCUT2D eigenvalue weighted by molar-refractivity contribution is 0.724. The molecule has 1 heterocycles. The molecule has 62 valence electrons. The molecule has 0 atom stereocenters. The van der Waals surface area contributed by atoms with Gasteiger partial charge < -0.3 is 5.01 Å². The van der Waals surface area contributed by atoms with Crippen molar-refractivity contribution >= 4 is 5.69 Å². The highest BCUT2D eigenvalue weighted by molar-refractivity contribution is 5.40. The van der Waals surface area contributed by atoms with Gasteiger partial charge in [-0.05, 0) is 6.92 Å². The van der Waals surface area contributed by atoms with E-state index >= 15 is 0 Å². The van der Waals surface area contributed by atoms with Crippen LogP contribution >= 0.6 is 0 Å². The van der Waals surface area contributed by atoms with Crippen LogP contribution in [-0.4, -0.2) is 23.4 Å². The smallest absolute Gasteiger partial charge is 0.0899 e. The van der Waals surface area contributed by atoms with Gasteiger partial charge in [-0.1, -0.05) is 0 Å². The molecular weight excluding hydrogens is 140 g/mol. The number of anilines is 1. The average Bonchev–Trinajstić information content (AvgIpc) is 2.39. The Bertz CT molecular complexity index is 214. The van der Waals surface area contributed by atoms with E-state index in [0.717, 1.165) is 12.2 Å². The number of nitrogens with zero attached hydrogens (tertiary/aromatic N) is 3. The zero-order chi connectivity index (χ0) is 8.27. The first-order chi connectivity index (χ1) is 5.27. The number of aryl methyl sites for hydroxylation is 1. The molecule has 0 amide bonds. The number of hydrazine groups is 1. The highest BCUT2D eigenvalue weighted by Crippen LogP contribution is 2.07. The summed E-state index contributed by atoms with van der Waals surface area (Å²) < 4.78 is 1.79. The number of nitrogens with one attached hydrogen (secondary N) is 1. The third-order valence-corrected chi connectivity index (χ3v) is 1.59. The second-order valence-corrected chi connectivity index (χ2v) is 2.34. The highest BCUT2D eigenvalue weighted by Gasteiger charge is 2.01. The molecule has 0 spiro atoms. The Morgan fingerprint density at radius 1 is 1.73 bits per heavy atom. The summed E-state index contributed by atoms with van der Waals surface area (Å²) in [6.07, 6.45) is 3.81. The molecule has 11 heavy (non-hydrogen) atoms. The number of rotatable bonds is 3. The number of hydrogen-bond donors (Lipinski definition) is 1. The third-order valence-electron chi connectivity index (χ3n) is 1.59. The molecule has 0 aliphatic heterocycles. The lowest BCUT2D eigenvalue weighted by Gasteiger charge is -2.18. The Morgan fingerprint density at radius 2 is 2.45 bits per heavy atom. The minimum Gasteiger partial charge on any atom is -0.306 e. The molecule has 0 aliphatic rings. The molecule has 0 aromatic carbocycles. The van der Waals surface area contributed by atoms with Gasteiger partial charge in [0.25, 0.3) is 0 Å². The zero-order valence-electron chi connectivity index (χ0n) is 7.20. The molecule has 1 N–H and O–H groups in total. The van der Waals surface area contributed by atoms with E-state index in [1.807, 2.05) is 31.5 Å². The Morgan fingerprint density at radius 3 is 2.82 bits per heavy atom. The SMILES string of the molecule is CCN(NC)c1cnn(C)c1. The Labute approximate surface area is 66.8 Å². The quantitative estimate of drug-likeness (QED) is 0.639. The average molecular weight is 154 g/mol. The van der Waals surface area contributed by atoms with E-state index in [2.05, 4.69) is 17.4 Å². The van der Waals surface area contributed by atoms with E-state index in [9.17, 15) is 0 Å². The van der Waals surface area contributed by atoms with Gasteiger partial charge in [0, 0.05) is 26.8 Å². The van der Waals surface area contributed by atoms with Crippen molar-refractivity contribution in [1.29, 1.82) is 0 Å². The lowest BCUT2D eigenvalue weighted by atomic mass is 10.5. The number of aromatic nitrogens is 2. The van der Waals surface area contributed by atoms with E-state index in [1.54, 1.807) is 4.68 Å². The first-order valence-electron chi connectivity index (χ1n) is 3.71. The first kappa shape index (κ1) is 8.07. The molecule has 4 nitrogen and oxygen atoms in total. The second-order valence-electron chi connectivity index (χ2n) is 2.34. The van der Waals surface area contributed by atoms with Crippen molar-refractivity contribution in [2.45, 2.75) is 6.92 Å². The summed E-state index contributed by atoms with van der Waals surface area (Å²) in [7, 11) is 3.81. The van der Waals surface area contributed by atoms with Crippen molar-refractivity contribution in [2.24, 2.45) is 7.05 Å². The molecule has 0 unspecified atom stereocenters. The summed E-state index contributed by atoms with van der Waals surface area (Å²) in [5.74, 6) is 0. The van der Waals surface area contributed by atoms with Crippen LogP contribution in [0.5, 0.6) is 0 Å². The van der Waals surface area contributed by atoms with Crippen molar-refractivity contribution in [1.82, 2.24) is 15.2 Å². The summed E-state index contributed by atoms with van der Waals surface area (Å²) in [5, 5.41) is 6.09. The maximum absolute atomic E-state index is 4.07. The summed E-state index contributed by atoms with van der Waals surface area (Å²) >= 11 is 0. The van der Waals surface area contributed by atoms with Crippen molar-refractivity contribution in [3.8, 4) is 0 Å². The molecule has 4 heteroatoms. The maximum Gasteiger partial charge on any atom is 0.0899 e. The van der Waals surface area contributed by atoms with E-state index in [0.29, 0.717) is 0 Å². The molecule has 0 fully saturated rings. The van der Waals surface area contributed by atoms with Gasteiger partial charge in [0.1, 0.15) is 0 Å². The van der Waals surface area contributed by atoms with E-state index < -0.39 is 0 Å². The third kappa shape index (κ3) is 1.71.